The number of anilines is 1. The van der Waals surface area contributed by atoms with Crippen LogP contribution >= 0.6 is 11.3 Å². The molecule has 3 aromatic carbocycles. The lowest BCUT2D eigenvalue weighted by Crippen LogP contribution is -2.48. The molecule has 8 nitrogen and oxygen atoms in total. The van der Waals surface area contributed by atoms with Gasteiger partial charge in [-0.1, -0.05) is 24.3 Å². The Morgan fingerprint density at radius 1 is 0.932 bits per heavy atom. The van der Waals surface area contributed by atoms with Crippen molar-refractivity contribution in [1.82, 2.24) is 14.8 Å². The number of hydrogen-bond donors (Lipinski definition) is 0. The lowest BCUT2D eigenvalue weighted by molar-refractivity contribution is -0.137. The van der Waals surface area contributed by atoms with Gasteiger partial charge in [0.05, 0.1) is 19.2 Å². The van der Waals surface area contributed by atoms with E-state index in [-0.39, 0.29) is 19.2 Å². The van der Waals surface area contributed by atoms with Gasteiger partial charge in [0, 0.05) is 50.3 Å². The van der Waals surface area contributed by atoms with E-state index in [9.17, 15) is 18.0 Å². The van der Waals surface area contributed by atoms with E-state index in [1.807, 2.05) is 52.3 Å². The summed E-state index contributed by atoms with van der Waals surface area (Å²) >= 11 is 1.37. The van der Waals surface area contributed by atoms with Gasteiger partial charge in [-0.05, 0) is 53.6 Å². The van der Waals surface area contributed by atoms with E-state index in [1.165, 1.54) is 23.5 Å². The first kappa shape index (κ1) is 29.8. The lowest BCUT2D eigenvalue weighted by atomic mass is 10.1. The zero-order valence-electron chi connectivity index (χ0n) is 24.0. The molecule has 0 spiro atoms. The number of rotatable bonds is 9. The van der Waals surface area contributed by atoms with Crippen molar-refractivity contribution in [3.8, 4) is 17.2 Å². The molecule has 230 valence electrons. The highest BCUT2D eigenvalue weighted by Gasteiger charge is 2.30. The van der Waals surface area contributed by atoms with Crippen molar-refractivity contribution in [2.24, 2.45) is 0 Å². The Labute approximate surface area is 257 Å². The van der Waals surface area contributed by atoms with Gasteiger partial charge in [0.25, 0.3) is 5.91 Å². The first-order chi connectivity index (χ1) is 21.2. The Morgan fingerprint density at radius 3 is 2.39 bits per heavy atom. The van der Waals surface area contributed by atoms with Crippen molar-refractivity contribution >= 4 is 22.9 Å². The van der Waals surface area contributed by atoms with Crippen molar-refractivity contribution in [2.75, 3.05) is 45.0 Å². The number of ether oxygens (including phenoxy) is 3. The van der Waals surface area contributed by atoms with Crippen LogP contribution in [0.15, 0.2) is 72.1 Å². The molecule has 0 radical (unpaired) electrons. The summed E-state index contributed by atoms with van der Waals surface area (Å²) in [5, 5.41) is 2.47. The fraction of sp³-hybridized carbons (Fsp3) is 0.312. The summed E-state index contributed by atoms with van der Waals surface area (Å²) in [5.41, 5.74) is 2.22. The predicted octanol–water partition coefficient (Wildman–Crippen LogP) is 6.06. The molecule has 44 heavy (non-hydrogen) atoms. The Hall–Kier alpha value is -4.29. The van der Waals surface area contributed by atoms with Gasteiger partial charge < -0.3 is 24.0 Å². The fourth-order valence-corrected chi connectivity index (χ4v) is 6.17. The van der Waals surface area contributed by atoms with Crippen molar-refractivity contribution < 1.29 is 32.2 Å². The molecule has 0 N–H and O–H groups in total. The molecule has 0 saturated carbocycles. The van der Waals surface area contributed by atoms with Crippen LogP contribution in [0.4, 0.5) is 18.9 Å². The van der Waals surface area contributed by atoms with Gasteiger partial charge in [0.2, 0.25) is 6.79 Å². The standard InChI is InChI=1S/C32H31F3N4O4S/c1-41-26-8-6-25(7-9-26)38-11-13-39(14-12-38)31(40)27-20-44-30(36-27)19-37(17-22-3-2-4-24(15-22)32(33,34)35)18-23-5-10-28-29(16-23)43-21-42-28/h2-10,15-16,20H,11-14,17-19,21H2,1H3. The average Bonchev–Trinajstić information content (AvgIpc) is 3.70. The Bertz CT molecular complexity index is 1600. The second-order valence-electron chi connectivity index (χ2n) is 10.6. The number of methoxy groups -OCH3 is 1. The first-order valence-electron chi connectivity index (χ1n) is 14.1. The Balaban J connectivity index is 1.13. The summed E-state index contributed by atoms with van der Waals surface area (Å²) in [5.74, 6) is 1.97. The Kier molecular flexibility index (Phi) is 8.62. The van der Waals surface area contributed by atoms with Crippen molar-refractivity contribution in [1.29, 1.82) is 0 Å². The fourth-order valence-electron chi connectivity index (χ4n) is 5.37. The molecule has 0 bridgehead atoms. The van der Waals surface area contributed by atoms with E-state index in [4.69, 9.17) is 14.2 Å². The molecule has 1 saturated heterocycles. The molecule has 4 aromatic rings. The second kappa shape index (κ2) is 12.7. The van der Waals surface area contributed by atoms with E-state index >= 15 is 0 Å². The summed E-state index contributed by atoms with van der Waals surface area (Å²) in [4.78, 5) is 24.0. The quantitative estimate of drug-likeness (QED) is 0.224. The van der Waals surface area contributed by atoms with E-state index < -0.39 is 11.7 Å². The number of carbonyl (C=O) groups excluding carboxylic acids is 1. The van der Waals surface area contributed by atoms with E-state index in [1.54, 1.807) is 18.6 Å². The maximum Gasteiger partial charge on any atom is 0.416 e. The van der Waals surface area contributed by atoms with Crippen LogP contribution in [-0.2, 0) is 25.8 Å². The number of benzene rings is 3. The minimum Gasteiger partial charge on any atom is -0.497 e. The van der Waals surface area contributed by atoms with Gasteiger partial charge in [0.1, 0.15) is 16.5 Å². The molecular formula is C32H31F3N4O4S. The zero-order valence-corrected chi connectivity index (χ0v) is 24.9. The second-order valence-corrected chi connectivity index (χ2v) is 11.6. The molecule has 1 aromatic heterocycles. The Morgan fingerprint density at radius 2 is 1.66 bits per heavy atom. The van der Waals surface area contributed by atoms with E-state index in [2.05, 4.69) is 9.88 Å². The maximum absolute atomic E-state index is 13.4. The van der Waals surface area contributed by atoms with Crippen LogP contribution in [0.25, 0.3) is 0 Å². The van der Waals surface area contributed by atoms with Gasteiger partial charge in [-0.15, -0.1) is 11.3 Å². The maximum atomic E-state index is 13.4. The summed E-state index contributed by atoms with van der Waals surface area (Å²) in [6.45, 7) is 3.75. The number of aromatic nitrogens is 1. The number of carbonyl (C=O) groups is 1. The van der Waals surface area contributed by atoms with Crippen molar-refractivity contribution in [3.63, 3.8) is 0 Å². The van der Waals surface area contributed by atoms with Gasteiger partial charge in [-0.3, -0.25) is 9.69 Å². The van der Waals surface area contributed by atoms with Crippen LogP contribution in [0.3, 0.4) is 0 Å². The molecule has 1 amide bonds. The number of nitrogens with zero attached hydrogens (tertiary/aromatic N) is 4. The molecule has 1 fully saturated rings. The summed E-state index contributed by atoms with van der Waals surface area (Å²) < 4.78 is 56.4. The molecule has 0 unspecified atom stereocenters. The molecule has 2 aliphatic heterocycles. The molecular weight excluding hydrogens is 593 g/mol. The number of hydrogen-bond acceptors (Lipinski definition) is 8. The van der Waals surface area contributed by atoms with Gasteiger partial charge in [-0.2, -0.15) is 13.2 Å². The highest BCUT2D eigenvalue weighted by molar-refractivity contribution is 7.09. The van der Waals surface area contributed by atoms with Crippen LogP contribution in [0.2, 0.25) is 0 Å². The van der Waals surface area contributed by atoms with Crippen LogP contribution in [-0.4, -0.2) is 60.8 Å². The third-order valence-corrected chi connectivity index (χ3v) is 8.47. The van der Waals surface area contributed by atoms with Gasteiger partial charge >= 0.3 is 6.18 Å². The van der Waals surface area contributed by atoms with Crippen LogP contribution in [0.5, 0.6) is 17.2 Å². The molecule has 6 rings (SSSR count). The first-order valence-corrected chi connectivity index (χ1v) is 15.0. The summed E-state index contributed by atoms with van der Waals surface area (Å²) in [6.07, 6.45) is -4.43. The van der Waals surface area contributed by atoms with E-state index in [0.717, 1.165) is 23.1 Å². The van der Waals surface area contributed by atoms with E-state index in [0.29, 0.717) is 67.0 Å². The van der Waals surface area contributed by atoms with Gasteiger partial charge in [-0.25, -0.2) is 4.98 Å². The number of amides is 1. The highest BCUT2D eigenvalue weighted by Crippen LogP contribution is 2.34. The minimum absolute atomic E-state index is 0.123. The molecule has 2 aliphatic rings. The number of piperazine rings is 1. The average molecular weight is 625 g/mol. The SMILES string of the molecule is COc1ccc(N2CCN(C(=O)c3csc(CN(Cc4cccc(C(F)(F)F)c4)Cc4ccc5c(c4)OCO5)n3)CC2)cc1. The molecule has 3 heterocycles. The highest BCUT2D eigenvalue weighted by atomic mass is 32.1. The normalized spacial score (nSPS) is 14.8. The van der Waals surface area contributed by atoms with Crippen LogP contribution < -0.4 is 19.1 Å². The summed E-state index contributed by atoms with van der Waals surface area (Å²) in [6, 6.07) is 18.8. The largest absolute Gasteiger partial charge is 0.497 e. The van der Waals surface area contributed by atoms with Crippen molar-refractivity contribution in [3.05, 3.63) is 99.5 Å². The number of fused-ring (bicyclic) bond motifs is 1. The monoisotopic (exact) mass is 624 g/mol. The third kappa shape index (κ3) is 6.92. The van der Waals surface area contributed by atoms with Crippen LogP contribution in [0, 0.1) is 0 Å². The van der Waals surface area contributed by atoms with Crippen LogP contribution in [0.1, 0.15) is 32.2 Å². The van der Waals surface area contributed by atoms with Gasteiger partial charge in [0.15, 0.2) is 11.5 Å². The topological polar surface area (TPSA) is 67.4 Å². The third-order valence-electron chi connectivity index (χ3n) is 7.64. The summed E-state index contributed by atoms with van der Waals surface area (Å²) in [7, 11) is 1.64. The zero-order chi connectivity index (χ0) is 30.7. The molecule has 0 aliphatic carbocycles. The number of halogens is 3. The smallest absolute Gasteiger partial charge is 0.416 e. The molecule has 12 heteroatoms. The molecule has 0 atom stereocenters. The minimum atomic E-state index is -4.43. The van der Waals surface area contributed by atoms with Crippen molar-refractivity contribution in [2.45, 2.75) is 25.8 Å². The number of thiazole rings is 1. The lowest BCUT2D eigenvalue weighted by Gasteiger charge is -2.35. The number of alkyl halides is 3. The predicted molar refractivity (Wildman–Crippen MR) is 160 cm³/mol.